The van der Waals surface area contributed by atoms with Crippen molar-refractivity contribution in [3.8, 4) is 0 Å². The molecule has 3 aliphatic heterocycles. The first kappa shape index (κ1) is 16.7. The standard InChI is InChI=1S/C17H27FN2O3/c1-13-8-17(12-22-3)5-4-14(20(17)9-13)10-23-15(21)19-7-6-16(2,18)11-19/h14H,1,4-12H2,2-3H3/t14-,16?,17-/m0/s1. The molecular formula is C17H27FN2O3. The van der Waals surface area contributed by atoms with E-state index < -0.39 is 11.8 Å². The Hall–Kier alpha value is -1.14. The molecule has 0 saturated carbocycles. The number of methoxy groups -OCH3 is 1. The quantitative estimate of drug-likeness (QED) is 0.744. The number of carbonyl (C=O) groups excluding carboxylic acids is 1. The number of nitrogens with zero attached hydrogens (tertiary/aromatic N) is 2. The number of hydrogen-bond donors (Lipinski definition) is 0. The number of carbonyl (C=O) groups is 1. The zero-order valence-electron chi connectivity index (χ0n) is 14.1. The fourth-order valence-electron chi connectivity index (χ4n) is 4.36. The summed E-state index contributed by atoms with van der Waals surface area (Å²) in [5.74, 6) is 0. The van der Waals surface area contributed by atoms with Gasteiger partial charge in [-0.2, -0.15) is 0 Å². The molecule has 6 heteroatoms. The van der Waals surface area contributed by atoms with Crippen molar-refractivity contribution in [2.45, 2.75) is 49.9 Å². The minimum atomic E-state index is -1.29. The molecule has 0 spiro atoms. The van der Waals surface area contributed by atoms with Crippen LogP contribution in [0.1, 0.15) is 32.6 Å². The zero-order valence-corrected chi connectivity index (χ0v) is 14.1. The smallest absolute Gasteiger partial charge is 0.409 e. The highest BCUT2D eigenvalue weighted by Crippen LogP contribution is 2.44. The molecule has 3 atom stereocenters. The van der Waals surface area contributed by atoms with E-state index >= 15 is 0 Å². The average molecular weight is 326 g/mol. The Labute approximate surface area is 137 Å². The molecule has 0 N–H and O–H groups in total. The first-order chi connectivity index (χ1) is 10.9. The lowest BCUT2D eigenvalue weighted by molar-refractivity contribution is 0.0274. The summed E-state index contributed by atoms with van der Waals surface area (Å²) in [4.78, 5) is 16.0. The molecule has 0 aliphatic carbocycles. The van der Waals surface area contributed by atoms with Gasteiger partial charge in [-0.1, -0.05) is 12.2 Å². The Morgan fingerprint density at radius 3 is 2.91 bits per heavy atom. The molecule has 3 fully saturated rings. The fraction of sp³-hybridized carbons (Fsp3) is 0.824. The maximum absolute atomic E-state index is 13.8. The van der Waals surface area contributed by atoms with Crippen LogP contribution < -0.4 is 0 Å². The van der Waals surface area contributed by atoms with E-state index in [9.17, 15) is 9.18 Å². The van der Waals surface area contributed by atoms with Gasteiger partial charge in [0.25, 0.3) is 0 Å². The van der Waals surface area contributed by atoms with Gasteiger partial charge in [0.15, 0.2) is 0 Å². The van der Waals surface area contributed by atoms with Crippen molar-refractivity contribution in [1.29, 1.82) is 0 Å². The number of alkyl halides is 1. The van der Waals surface area contributed by atoms with Crippen LogP contribution in [0.5, 0.6) is 0 Å². The van der Waals surface area contributed by atoms with Gasteiger partial charge in [0.1, 0.15) is 12.3 Å². The van der Waals surface area contributed by atoms with Crippen molar-refractivity contribution in [2.75, 3.05) is 40.0 Å². The van der Waals surface area contributed by atoms with Crippen LogP contribution in [0.25, 0.3) is 0 Å². The maximum Gasteiger partial charge on any atom is 0.409 e. The van der Waals surface area contributed by atoms with Crippen LogP contribution in [0.3, 0.4) is 0 Å². The van der Waals surface area contributed by atoms with Crippen LogP contribution in [-0.2, 0) is 9.47 Å². The van der Waals surface area contributed by atoms with Gasteiger partial charge in [-0.05, 0) is 26.2 Å². The van der Waals surface area contributed by atoms with Crippen LogP contribution in [0.4, 0.5) is 9.18 Å². The topological polar surface area (TPSA) is 42.0 Å². The Bertz CT molecular complexity index is 496. The molecule has 23 heavy (non-hydrogen) atoms. The predicted molar refractivity (Wildman–Crippen MR) is 85.1 cm³/mol. The molecular weight excluding hydrogens is 299 g/mol. The third kappa shape index (κ3) is 3.24. The second-order valence-electron chi connectivity index (χ2n) is 7.57. The van der Waals surface area contributed by atoms with Crippen molar-refractivity contribution in [3.63, 3.8) is 0 Å². The molecule has 1 unspecified atom stereocenters. The van der Waals surface area contributed by atoms with Gasteiger partial charge in [0, 0.05) is 38.2 Å². The molecule has 3 aliphatic rings. The maximum atomic E-state index is 13.8. The number of likely N-dealkylation sites (tertiary alicyclic amines) is 1. The molecule has 0 aromatic carbocycles. The van der Waals surface area contributed by atoms with E-state index in [2.05, 4.69) is 11.5 Å². The Kier molecular flexibility index (Phi) is 4.40. The zero-order chi connectivity index (χ0) is 16.7. The third-order valence-corrected chi connectivity index (χ3v) is 5.46. The molecule has 3 heterocycles. The lowest BCUT2D eigenvalue weighted by Crippen LogP contribution is -2.47. The summed E-state index contributed by atoms with van der Waals surface area (Å²) in [6.07, 6.45) is 2.97. The second-order valence-corrected chi connectivity index (χ2v) is 7.57. The van der Waals surface area contributed by atoms with Gasteiger partial charge in [0.2, 0.25) is 0 Å². The number of hydrogen-bond acceptors (Lipinski definition) is 4. The van der Waals surface area contributed by atoms with Gasteiger partial charge in [0.05, 0.1) is 13.2 Å². The molecule has 1 amide bonds. The van der Waals surface area contributed by atoms with Crippen molar-refractivity contribution in [3.05, 3.63) is 12.2 Å². The Morgan fingerprint density at radius 1 is 1.48 bits per heavy atom. The van der Waals surface area contributed by atoms with Crippen LogP contribution >= 0.6 is 0 Å². The molecule has 130 valence electrons. The Balaban J connectivity index is 1.55. The summed E-state index contributed by atoms with van der Waals surface area (Å²) in [7, 11) is 1.72. The monoisotopic (exact) mass is 326 g/mol. The minimum absolute atomic E-state index is 0.0219. The first-order valence-electron chi connectivity index (χ1n) is 8.38. The van der Waals surface area contributed by atoms with E-state index in [0.29, 0.717) is 26.2 Å². The summed E-state index contributed by atoms with van der Waals surface area (Å²) in [5, 5.41) is 0. The van der Waals surface area contributed by atoms with Gasteiger partial charge >= 0.3 is 6.09 Å². The lowest BCUT2D eigenvalue weighted by Gasteiger charge is -2.34. The van der Waals surface area contributed by atoms with Crippen LogP contribution in [0, 0.1) is 0 Å². The van der Waals surface area contributed by atoms with Gasteiger partial charge in [-0.3, -0.25) is 4.90 Å². The summed E-state index contributed by atoms with van der Waals surface area (Å²) < 4.78 is 24.7. The number of fused-ring (bicyclic) bond motifs is 1. The van der Waals surface area contributed by atoms with E-state index in [4.69, 9.17) is 9.47 Å². The average Bonchev–Trinajstić information content (AvgIpc) is 3.08. The SMILES string of the molecule is C=C1CN2[C@H](COC(=O)N3CCC(C)(F)C3)CC[C@@]2(COC)C1. The van der Waals surface area contributed by atoms with Gasteiger partial charge in [-0.25, -0.2) is 9.18 Å². The number of halogens is 1. The third-order valence-electron chi connectivity index (χ3n) is 5.46. The van der Waals surface area contributed by atoms with Crippen molar-refractivity contribution >= 4 is 6.09 Å². The van der Waals surface area contributed by atoms with E-state index in [1.807, 2.05) is 0 Å². The number of ether oxygens (including phenoxy) is 2. The van der Waals surface area contributed by atoms with Crippen molar-refractivity contribution in [2.24, 2.45) is 0 Å². The molecule has 0 aromatic heterocycles. The molecule has 0 bridgehead atoms. The van der Waals surface area contributed by atoms with E-state index in [1.165, 1.54) is 17.4 Å². The predicted octanol–water partition coefficient (Wildman–Crippen LogP) is 2.37. The van der Waals surface area contributed by atoms with Crippen LogP contribution in [0.2, 0.25) is 0 Å². The summed E-state index contributed by atoms with van der Waals surface area (Å²) >= 11 is 0. The van der Waals surface area contributed by atoms with Gasteiger partial charge < -0.3 is 14.4 Å². The summed E-state index contributed by atoms with van der Waals surface area (Å²) in [5.41, 5.74) is -0.0494. The normalized spacial score (nSPS) is 37.4. The molecule has 3 rings (SSSR count). The molecule has 5 nitrogen and oxygen atoms in total. The van der Waals surface area contributed by atoms with E-state index in [0.717, 1.165) is 25.8 Å². The fourth-order valence-corrected chi connectivity index (χ4v) is 4.36. The Morgan fingerprint density at radius 2 is 2.26 bits per heavy atom. The van der Waals surface area contributed by atoms with Crippen LogP contribution in [0.15, 0.2) is 12.2 Å². The molecule has 3 saturated heterocycles. The van der Waals surface area contributed by atoms with Crippen molar-refractivity contribution < 1.29 is 18.7 Å². The highest BCUT2D eigenvalue weighted by Gasteiger charge is 2.50. The molecule has 0 aromatic rings. The minimum Gasteiger partial charge on any atom is -0.448 e. The number of amides is 1. The highest BCUT2D eigenvalue weighted by atomic mass is 19.1. The van der Waals surface area contributed by atoms with E-state index in [1.54, 1.807) is 7.11 Å². The summed E-state index contributed by atoms with van der Waals surface area (Å²) in [6.45, 7) is 8.10. The molecule has 0 radical (unpaired) electrons. The largest absolute Gasteiger partial charge is 0.448 e. The highest BCUT2D eigenvalue weighted by molar-refractivity contribution is 5.68. The summed E-state index contributed by atoms with van der Waals surface area (Å²) in [6, 6.07) is 0.202. The van der Waals surface area contributed by atoms with E-state index in [-0.39, 0.29) is 18.1 Å². The second kappa shape index (κ2) is 6.06. The lowest BCUT2D eigenvalue weighted by atomic mass is 9.94. The first-order valence-corrected chi connectivity index (χ1v) is 8.38. The van der Waals surface area contributed by atoms with Gasteiger partial charge in [-0.15, -0.1) is 0 Å². The number of rotatable bonds is 4. The van der Waals surface area contributed by atoms with Crippen LogP contribution in [-0.4, -0.2) is 73.1 Å². The van der Waals surface area contributed by atoms with Crippen molar-refractivity contribution in [1.82, 2.24) is 9.80 Å².